The topological polar surface area (TPSA) is 95.5 Å². The predicted octanol–water partition coefficient (Wildman–Crippen LogP) is 6.74. The molecule has 0 radical (unpaired) electrons. The maximum absolute atomic E-state index is 12.4. The molecule has 2 aliphatic heterocycles. The molecule has 264 valence electrons. The smallest absolute Gasteiger partial charge is 0.257 e. The van der Waals surface area contributed by atoms with Crippen molar-refractivity contribution in [2.75, 3.05) is 46.0 Å². The Balaban J connectivity index is 0.000000279. The number of nitrogens with one attached hydrogen (secondary N) is 1. The molecule has 0 aliphatic carbocycles. The van der Waals surface area contributed by atoms with Gasteiger partial charge in [-0.3, -0.25) is 9.00 Å². The average Bonchev–Trinajstić information content (AvgIpc) is 3.44. The van der Waals surface area contributed by atoms with Gasteiger partial charge in [0.1, 0.15) is 12.6 Å². The lowest BCUT2D eigenvalue weighted by Gasteiger charge is -2.37. The van der Waals surface area contributed by atoms with Crippen molar-refractivity contribution < 1.29 is 13.8 Å². The minimum absolute atomic E-state index is 0.0804. The fourth-order valence-corrected chi connectivity index (χ4v) is 6.56. The zero-order valence-electron chi connectivity index (χ0n) is 30.6. The van der Waals surface area contributed by atoms with E-state index in [4.69, 9.17) is 0 Å². The molecule has 2 saturated heterocycles. The van der Waals surface area contributed by atoms with Crippen LogP contribution in [0.3, 0.4) is 0 Å². The number of hydrogen-bond donors (Lipinski definition) is 1. The zero-order valence-corrected chi connectivity index (χ0v) is 31.4. The maximum Gasteiger partial charge on any atom is 0.257 e. The third kappa shape index (κ3) is 13.3. The lowest BCUT2D eigenvalue weighted by Crippen LogP contribution is -2.39. The number of aldehydes is 1. The summed E-state index contributed by atoms with van der Waals surface area (Å²) in [5.41, 5.74) is 3.64. The second kappa shape index (κ2) is 21.6. The molecule has 2 aromatic carbocycles. The number of hydrogen-bond acceptors (Lipinski definition) is 7. The second-order valence-electron chi connectivity index (χ2n) is 12.9. The third-order valence-electron chi connectivity index (χ3n) is 9.29. The van der Waals surface area contributed by atoms with Crippen LogP contribution in [0.25, 0.3) is 0 Å². The van der Waals surface area contributed by atoms with Crippen molar-refractivity contribution in [3.8, 4) is 0 Å². The van der Waals surface area contributed by atoms with Crippen LogP contribution in [0.4, 0.5) is 0 Å². The first-order valence-electron chi connectivity index (χ1n) is 17.4. The van der Waals surface area contributed by atoms with Gasteiger partial charge in [-0.15, -0.1) is 0 Å². The van der Waals surface area contributed by atoms with Crippen molar-refractivity contribution in [2.24, 2.45) is 17.3 Å². The van der Waals surface area contributed by atoms with Gasteiger partial charge in [-0.1, -0.05) is 76.2 Å². The summed E-state index contributed by atoms with van der Waals surface area (Å²) in [6.07, 6.45) is 8.24. The zero-order chi connectivity index (χ0) is 35.5. The lowest BCUT2D eigenvalue weighted by atomic mass is 9.74. The molecule has 48 heavy (non-hydrogen) atoms. The molecule has 1 amide bonds. The Hall–Kier alpha value is -3.27. The minimum Gasteiger partial charge on any atom is -0.338 e. The van der Waals surface area contributed by atoms with Crippen molar-refractivity contribution >= 4 is 23.0 Å². The Morgan fingerprint density at radius 2 is 1.46 bits per heavy atom. The standard InChI is InChI=1S/C18H28N2O2S.C13H19N3O.C6H6.C2H6/c1-20(15-16-3-5-17(6-4-16)23(2)22)13-9-18(10-14-21)7-11-19-12-8-18;1-8-5-16(6-9(8)2)13(17)12-10(3)14-7-15-11(12)4;1-2-4-6-5-3-1;1-2/h3-6,14,19H,7-13,15H2,1-2H3;7-9H,5-6H2,1-4H3;1-6H;1-2H3/t;8-,9?;;/m.0../s1. The summed E-state index contributed by atoms with van der Waals surface area (Å²) in [5, 5.41) is 3.39. The van der Waals surface area contributed by atoms with Gasteiger partial charge in [-0.05, 0) is 94.7 Å². The van der Waals surface area contributed by atoms with Gasteiger partial charge in [0.15, 0.2) is 0 Å². The summed E-state index contributed by atoms with van der Waals surface area (Å²) in [6, 6.07) is 20.0. The number of rotatable bonds is 9. The molecule has 2 unspecified atom stereocenters. The molecule has 0 bridgehead atoms. The molecule has 2 fully saturated rings. The summed E-state index contributed by atoms with van der Waals surface area (Å²) in [7, 11) is 1.21. The fourth-order valence-electron chi connectivity index (χ4n) is 6.04. The molecule has 1 N–H and O–H groups in total. The normalized spacial score (nSPS) is 18.6. The molecule has 1 aromatic heterocycles. The SMILES string of the molecule is CC.CN(CCC1(CC=O)CCNCC1)Cc1ccc(S(C)=O)cc1.Cc1ncnc(C)c1C(=O)N1CC(C)[C@@H](C)C1.c1ccccc1. The Kier molecular flexibility index (Phi) is 18.4. The largest absolute Gasteiger partial charge is 0.338 e. The average molecular weight is 678 g/mol. The first kappa shape index (κ1) is 40.9. The number of amides is 1. The molecule has 8 nitrogen and oxygen atoms in total. The van der Waals surface area contributed by atoms with Gasteiger partial charge in [0.05, 0.1) is 17.0 Å². The van der Waals surface area contributed by atoms with Gasteiger partial charge in [0.25, 0.3) is 5.91 Å². The van der Waals surface area contributed by atoms with Gasteiger partial charge < -0.3 is 19.9 Å². The van der Waals surface area contributed by atoms with Gasteiger partial charge in [-0.2, -0.15) is 0 Å². The van der Waals surface area contributed by atoms with E-state index in [0.29, 0.717) is 23.8 Å². The fraction of sp³-hybridized carbons (Fsp3) is 0.538. The van der Waals surface area contributed by atoms with E-state index in [1.807, 2.05) is 81.1 Å². The van der Waals surface area contributed by atoms with Crippen LogP contribution in [0.2, 0.25) is 0 Å². The molecule has 3 aromatic rings. The summed E-state index contributed by atoms with van der Waals surface area (Å²) < 4.78 is 11.4. The van der Waals surface area contributed by atoms with Crippen LogP contribution >= 0.6 is 0 Å². The molecular formula is C39H59N5O3S. The molecule has 5 rings (SSSR count). The maximum atomic E-state index is 12.4. The van der Waals surface area contributed by atoms with Crippen LogP contribution in [0.1, 0.15) is 80.7 Å². The van der Waals surface area contributed by atoms with E-state index in [-0.39, 0.29) is 11.3 Å². The van der Waals surface area contributed by atoms with Crippen molar-refractivity contribution in [1.29, 1.82) is 0 Å². The molecule has 2 aliphatic rings. The van der Waals surface area contributed by atoms with Gasteiger partial charge >= 0.3 is 0 Å². The van der Waals surface area contributed by atoms with E-state index in [9.17, 15) is 13.8 Å². The highest BCUT2D eigenvalue weighted by Gasteiger charge is 2.32. The minimum atomic E-state index is -0.917. The highest BCUT2D eigenvalue weighted by Crippen LogP contribution is 2.35. The quantitative estimate of drug-likeness (QED) is 0.251. The van der Waals surface area contributed by atoms with Crippen LogP contribution in [0.5, 0.6) is 0 Å². The number of nitrogens with zero attached hydrogens (tertiary/aromatic N) is 4. The number of carbonyl (C=O) groups is 2. The summed E-state index contributed by atoms with van der Waals surface area (Å²) >= 11 is 0. The monoisotopic (exact) mass is 677 g/mol. The van der Waals surface area contributed by atoms with Crippen molar-refractivity contribution in [3.05, 3.63) is 89.5 Å². The molecular weight excluding hydrogens is 619 g/mol. The van der Waals surface area contributed by atoms with E-state index in [2.05, 4.69) is 53.2 Å². The second-order valence-corrected chi connectivity index (χ2v) is 14.3. The highest BCUT2D eigenvalue weighted by atomic mass is 32.2. The molecule has 3 heterocycles. The van der Waals surface area contributed by atoms with Crippen LogP contribution in [0.15, 0.2) is 71.9 Å². The van der Waals surface area contributed by atoms with Gasteiger partial charge in [-0.25, -0.2) is 9.97 Å². The number of piperidine rings is 1. The van der Waals surface area contributed by atoms with E-state index in [0.717, 1.165) is 81.1 Å². The number of likely N-dealkylation sites (tertiary alicyclic amines) is 1. The summed E-state index contributed by atoms with van der Waals surface area (Å²) in [5.74, 6) is 1.23. The Labute approximate surface area is 292 Å². The van der Waals surface area contributed by atoms with Crippen molar-refractivity contribution in [1.82, 2.24) is 25.1 Å². The Morgan fingerprint density at radius 3 is 1.92 bits per heavy atom. The Bertz CT molecular complexity index is 1320. The lowest BCUT2D eigenvalue weighted by molar-refractivity contribution is -0.110. The molecule has 3 atom stereocenters. The molecule has 0 saturated carbocycles. The van der Waals surface area contributed by atoms with Crippen LogP contribution < -0.4 is 5.32 Å². The number of aromatic nitrogens is 2. The van der Waals surface area contributed by atoms with E-state index >= 15 is 0 Å². The van der Waals surface area contributed by atoms with Gasteiger partial charge in [0.2, 0.25) is 0 Å². The third-order valence-corrected chi connectivity index (χ3v) is 10.2. The number of benzene rings is 2. The first-order valence-corrected chi connectivity index (χ1v) is 18.9. The van der Waals surface area contributed by atoms with E-state index in [1.54, 1.807) is 6.26 Å². The molecule has 9 heteroatoms. The number of aryl methyl sites for hydroxylation is 2. The van der Waals surface area contributed by atoms with Gasteiger partial charge in [0, 0.05) is 48.0 Å². The van der Waals surface area contributed by atoms with E-state index in [1.165, 1.54) is 11.9 Å². The predicted molar refractivity (Wildman–Crippen MR) is 198 cm³/mol. The number of carbonyl (C=O) groups excluding carboxylic acids is 2. The summed E-state index contributed by atoms with van der Waals surface area (Å²) in [4.78, 5) is 36.8. The highest BCUT2D eigenvalue weighted by molar-refractivity contribution is 7.84. The van der Waals surface area contributed by atoms with Crippen LogP contribution in [-0.2, 0) is 22.1 Å². The Morgan fingerprint density at radius 1 is 0.958 bits per heavy atom. The first-order chi connectivity index (χ1) is 23.0. The van der Waals surface area contributed by atoms with Crippen LogP contribution in [-0.4, -0.2) is 82.2 Å². The van der Waals surface area contributed by atoms with Crippen molar-refractivity contribution in [3.63, 3.8) is 0 Å². The molecule has 0 spiro atoms. The van der Waals surface area contributed by atoms with E-state index < -0.39 is 10.8 Å². The van der Waals surface area contributed by atoms with Crippen molar-refractivity contribution in [2.45, 2.75) is 78.7 Å². The summed E-state index contributed by atoms with van der Waals surface area (Å²) in [6.45, 7) is 17.7. The van der Waals surface area contributed by atoms with Crippen LogP contribution in [0, 0.1) is 31.1 Å².